The molecule has 4 rings (SSSR count). The van der Waals surface area contributed by atoms with Crippen LogP contribution in [-0.4, -0.2) is 56.1 Å². The summed E-state index contributed by atoms with van der Waals surface area (Å²) in [6, 6.07) is 2.09. The Hall–Kier alpha value is -1.80. The molecule has 1 saturated heterocycles. The second-order valence-corrected chi connectivity index (χ2v) is 7.28. The third kappa shape index (κ3) is 3.46. The van der Waals surface area contributed by atoms with E-state index in [9.17, 15) is 8.78 Å². The third-order valence-electron chi connectivity index (χ3n) is 5.20. The van der Waals surface area contributed by atoms with Crippen molar-refractivity contribution in [3.05, 3.63) is 35.2 Å². The summed E-state index contributed by atoms with van der Waals surface area (Å²) in [4.78, 5) is 8.65. The van der Waals surface area contributed by atoms with Crippen LogP contribution in [0.5, 0.6) is 0 Å². The average molecular weight is 351 g/mol. The van der Waals surface area contributed by atoms with Crippen molar-refractivity contribution >= 4 is 0 Å². The summed E-state index contributed by atoms with van der Waals surface area (Å²) >= 11 is 0. The standard InChI is InChI=1S/C17H23F2N5O/c1-12-5-13(21-25-12)7-24-9-15-16(22(2)11-20-15)6-14(24)8-23-4-3-17(18,19)10-23/h5,11,14H,3-4,6-10H2,1-2H3/t14-/m0/s1. The number of hydrogen-bond donors (Lipinski definition) is 0. The van der Waals surface area contributed by atoms with Crippen molar-refractivity contribution in [3.63, 3.8) is 0 Å². The molecule has 0 radical (unpaired) electrons. The Bertz CT molecular complexity index is 756. The number of aryl methyl sites for hydroxylation is 2. The fourth-order valence-electron chi connectivity index (χ4n) is 3.90. The number of alkyl halides is 2. The van der Waals surface area contributed by atoms with Crippen LogP contribution in [0.1, 0.15) is 29.3 Å². The predicted molar refractivity (Wildman–Crippen MR) is 87.2 cm³/mol. The predicted octanol–water partition coefficient (Wildman–Crippen LogP) is 1.98. The molecule has 25 heavy (non-hydrogen) atoms. The van der Waals surface area contributed by atoms with E-state index in [-0.39, 0.29) is 19.0 Å². The van der Waals surface area contributed by atoms with Gasteiger partial charge >= 0.3 is 0 Å². The van der Waals surface area contributed by atoms with Crippen LogP contribution in [0.25, 0.3) is 0 Å². The van der Waals surface area contributed by atoms with E-state index in [1.54, 1.807) is 0 Å². The first-order valence-corrected chi connectivity index (χ1v) is 8.65. The fourth-order valence-corrected chi connectivity index (χ4v) is 3.90. The second kappa shape index (κ2) is 6.17. The summed E-state index contributed by atoms with van der Waals surface area (Å²) < 4.78 is 34.3. The van der Waals surface area contributed by atoms with Gasteiger partial charge in [-0.1, -0.05) is 5.16 Å². The average Bonchev–Trinajstić information content (AvgIpc) is 3.21. The molecular formula is C17H23F2N5O. The monoisotopic (exact) mass is 351 g/mol. The van der Waals surface area contributed by atoms with Gasteiger partial charge in [-0.25, -0.2) is 13.8 Å². The van der Waals surface area contributed by atoms with Crippen molar-refractivity contribution in [2.45, 2.75) is 44.8 Å². The van der Waals surface area contributed by atoms with Crippen LogP contribution in [0.2, 0.25) is 0 Å². The Kier molecular flexibility index (Phi) is 4.11. The topological polar surface area (TPSA) is 50.3 Å². The maximum absolute atomic E-state index is 13.6. The Balaban J connectivity index is 1.53. The lowest BCUT2D eigenvalue weighted by molar-refractivity contribution is 0.00819. The maximum atomic E-state index is 13.6. The molecule has 6 nitrogen and oxygen atoms in total. The van der Waals surface area contributed by atoms with Gasteiger partial charge in [0, 0.05) is 63.9 Å². The Morgan fingerprint density at radius 1 is 1.40 bits per heavy atom. The molecule has 2 aliphatic rings. The first-order chi connectivity index (χ1) is 11.9. The minimum atomic E-state index is -2.56. The molecule has 0 spiro atoms. The van der Waals surface area contributed by atoms with Crippen LogP contribution >= 0.6 is 0 Å². The van der Waals surface area contributed by atoms with Crippen molar-refractivity contribution in [2.24, 2.45) is 7.05 Å². The quantitative estimate of drug-likeness (QED) is 0.843. The van der Waals surface area contributed by atoms with E-state index >= 15 is 0 Å². The van der Waals surface area contributed by atoms with Crippen molar-refractivity contribution in [1.29, 1.82) is 0 Å². The number of imidazole rings is 1. The highest BCUT2D eigenvalue weighted by atomic mass is 19.3. The van der Waals surface area contributed by atoms with Crippen LogP contribution in [0.4, 0.5) is 8.78 Å². The van der Waals surface area contributed by atoms with Gasteiger partial charge in [-0.05, 0) is 6.92 Å². The van der Waals surface area contributed by atoms with E-state index in [0.717, 1.165) is 23.6 Å². The number of likely N-dealkylation sites (tertiary alicyclic amines) is 1. The lowest BCUT2D eigenvalue weighted by Crippen LogP contribution is -2.47. The van der Waals surface area contributed by atoms with Crippen LogP contribution in [0, 0.1) is 6.92 Å². The smallest absolute Gasteiger partial charge is 0.261 e. The first kappa shape index (κ1) is 16.7. The summed E-state index contributed by atoms with van der Waals surface area (Å²) in [6.45, 7) is 4.17. The number of rotatable bonds is 4. The molecule has 2 aromatic rings. The molecule has 0 unspecified atom stereocenters. The van der Waals surface area contributed by atoms with E-state index in [1.165, 1.54) is 5.69 Å². The van der Waals surface area contributed by atoms with Crippen LogP contribution in [0.15, 0.2) is 16.9 Å². The summed E-state index contributed by atoms with van der Waals surface area (Å²) in [7, 11) is 1.99. The summed E-state index contributed by atoms with van der Waals surface area (Å²) in [5.41, 5.74) is 3.13. The van der Waals surface area contributed by atoms with Crippen molar-refractivity contribution in [2.75, 3.05) is 19.6 Å². The second-order valence-electron chi connectivity index (χ2n) is 7.28. The highest BCUT2D eigenvalue weighted by Crippen LogP contribution is 2.29. The van der Waals surface area contributed by atoms with E-state index in [4.69, 9.17) is 4.52 Å². The van der Waals surface area contributed by atoms with Gasteiger partial charge in [0.15, 0.2) is 0 Å². The van der Waals surface area contributed by atoms with E-state index in [0.29, 0.717) is 26.2 Å². The number of hydrogen-bond acceptors (Lipinski definition) is 5. The van der Waals surface area contributed by atoms with E-state index < -0.39 is 5.92 Å². The molecule has 8 heteroatoms. The molecule has 0 aliphatic carbocycles. The molecular weight excluding hydrogens is 328 g/mol. The van der Waals surface area contributed by atoms with Gasteiger partial charge < -0.3 is 9.09 Å². The van der Waals surface area contributed by atoms with Gasteiger partial charge in [-0.2, -0.15) is 0 Å². The maximum Gasteiger partial charge on any atom is 0.261 e. The molecule has 2 aliphatic heterocycles. The van der Waals surface area contributed by atoms with Crippen molar-refractivity contribution in [1.82, 2.24) is 24.5 Å². The van der Waals surface area contributed by atoms with Crippen LogP contribution in [-0.2, 0) is 26.6 Å². The fraction of sp³-hybridized carbons (Fsp3) is 0.647. The minimum Gasteiger partial charge on any atom is -0.361 e. The van der Waals surface area contributed by atoms with Gasteiger partial charge in [-0.3, -0.25) is 9.80 Å². The van der Waals surface area contributed by atoms with Crippen molar-refractivity contribution < 1.29 is 13.3 Å². The number of fused-ring (bicyclic) bond motifs is 1. The van der Waals surface area contributed by atoms with Crippen LogP contribution in [0.3, 0.4) is 0 Å². The number of nitrogens with zero attached hydrogens (tertiary/aromatic N) is 5. The summed E-state index contributed by atoms with van der Waals surface area (Å²) in [5.74, 6) is -1.78. The summed E-state index contributed by atoms with van der Waals surface area (Å²) in [5, 5.41) is 4.08. The van der Waals surface area contributed by atoms with Gasteiger partial charge in [0.05, 0.1) is 24.3 Å². The zero-order chi connectivity index (χ0) is 17.6. The van der Waals surface area contributed by atoms with Gasteiger partial charge in [-0.15, -0.1) is 0 Å². The third-order valence-corrected chi connectivity index (χ3v) is 5.20. The van der Waals surface area contributed by atoms with Gasteiger partial charge in [0.2, 0.25) is 0 Å². The molecule has 1 fully saturated rings. The normalized spacial score (nSPS) is 23.9. The highest BCUT2D eigenvalue weighted by molar-refractivity contribution is 5.19. The number of halogens is 2. The molecule has 0 amide bonds. The zero-order valence-electron chi connectivity index (χ0n) is 14.6. The first-order valence-electron chi connectivity index (χ1n) is 8.65. The zero-order valence-corrected chi connectivity index (χ0v) is 14.6. The van der Waals surface area contributed by atoms with E-state index in [2.05, 4.69) is 15.0 Å². The Labute approximate surface area is 145 Å². The highest BCUT2D eigenvalue weighted by Gasteiger charge is 2.40. The molecule has 1 atom stereocenters. The molecule has 0 saturated carbocycles. The number of aromatic nitrogens is 3. The Morgan fingerprint density at radius 2 is 2.24 bits per heavy atom. The van der Waals surface area contributed by atoms with Crippen LogP contribution < -0.4 is 0 Å². The van der Waals surface area contributed by atoms with Gasteiger partial charge in [0.1, 0.15) is 5.76 Å². The SMILES string of the molecule is Cc1cc(CN2Cc3ncn(C)c3C[C@H]2CN2CCC(F)(F)C2)no1. The Morgan fingerprint density at radius 3 is 2.92 bits per heavy atom. The van der Waals surface area contributed by atoms with Crippen molar-refractivity contribution in [3.8, 4) is 0 Å². The lowest BCUT2D eigenvalue weighted by Gasteiger charge is -2.37. The minimum absolute atomic E-state index is 0.0425. The molecule has 0 aromatic carbocycles. The van der Waals surface area contributed by atoms with Gasteiger partial charge in [0.25, 0.3) is 5.92 Å². The molecule has 0 N–H and O–H groups in total. The largest absolute Gasteiger partial charge is 0.361 e. The molecule has 136 valence electrons. The lowest BCUT2D eigenvalue weighted by atomic mass is 10.0. The molecule has 2 aromatic heterocycles. The molecule has 0 bridgehead atoms. The van der Waals surface area contributed by atoms with E-state index in [1.807, 2.05) is 35.8 Å². The summed E-state index contributed by atoms with van der Waals surface area (Å²) in [6.07, 6.45) is 2.60. The molecule has 4 heterocycles.